The van der Waals surface area contributed by atoms with Gasteiger partial charge >= 0.3 is 0 Å². The van der Waals surface area contributed by atoms with Crippen molar-refractivity contribution in [1.29, 1.82) is 0 Å². The number of anilines is 1. The zero-order valence-electron chi connectivity index (χ0n) is 29.4. The summed E-state index contributed by atoms with van der Waals surface area (Å²) in [5.41, 5.74) is 0.441. The molecule has 0 aliphatic carbocycles. The molecule has 0 saturated carbocycles. The summed E-state index contributed by atoms with van der Waals surface area (Å²) >= 11 is 0. The number of hydrogen-bond acceptors (Lipinski definition) is 9. The highest BCUT2D eigenvalue weighted by Gasteiger charge is 2.52. The summed E-state index contributed by atoms with van der Waals surface area (Å²) in [5.74, 6) is 0.490. The van der Waals surface area contributed by atoms with Gasteiger partial charge in [0.2, 0.25) is 0 Å². The fourth-order valence-electron chi connectivity index (χ4n) is 5.85. The molecule has 0 aromatic carbocycles. The standard InChI is InChI=1S/C32H58N2O7Si3/c1-21(22(2)39-42(5,6)7)30-28(38-30)18-27-32(41-44(11,12)13)31(40-43(8,9)10)24(20-37-27)16-25(35)17-26(36)23-14-15-29(33-19-23)34(3)4/h14-15,19,21-22,24,27-28,30-32H,16-18,20H2,1-13H3/t21-,22+,24+,27+,28+,30+,31-,32-/m1/s1. The van der Waals surface area contributed by atoms with E-state index in [0.29, 0.717) is 18.6 Å². The van der Waals surface area contributed by atoms with Gasteiger partial charge in [-0.05, 0) is 78.0 Å². The fraction of sp³-hybridized carbons (Fsp3) is 0.781. The third-order valence-electron chi connectivity index (χ3n) is 7.92. The van der Waals surface area contributed by atoms with Gasteiger partial charge in [-0.2, -0.15) is 0 Å². The van der Waals surface area contributed by atoms with E-state index in [0.717, 1.165) is 5.82 Å². The highest BCUT2D eigenvalue weighted by Crippen LogP contribution is 2.40. The first kappa shape index (κ1) is 37.2. The summed E-state index contributed by atoms with van der Waals surface area (Å²) in [4.78, 5) is 32.5. The maximum Gasteiger partial charge on any atom is 0.184 e. The third-order valence-corrected chi connectivity index (χ3v) is 11.0. The second-order valence-electron chi connectivity index (χ2n) is 15.8. The molecule has 0 amide bonds. The first-order valence-corrected chi connectivity index (χ1v) is 26.3. The van der Waals surface area contributed by atoms with Gasteiger partial charge in [-0.1, -0.05) is 6.92 Å². The Morgan fingerprint density at radius 1 is 0.932 bits per heavy atom. The molecule has 8 atom stereocenters. The lowest BCUT2D eigenvalue weighted by atomic mass is 9.85. The minimum Gasteiger partial charge on any atom is -0.415 e. The molecule has 2 saturated heterocycles. The largest absolute Gasteiger partial charge is 0.415 e. The van der Waals surface area contributed by atoms with Gasteiger partial charge in [-0.3, -0.25) is 9.59 Å². The van der Waals surface area contributed by atoms with Crippen molar-refractivity contribution in [1.82, 2.24) is 4.98 Å². The van der Waals surface area contributed by atoms with Gasteiger partial charge < -0.3 is 27.7 Å². The molecular formula is C32H58N2O7Si3. The number of carbonyl (C=O) groups is 2. The molecule has 3 rings (SSSR count). The van der Waals surface area contributed by atoms with E-state index in [-0.39, 0.29) is 72.9 Å². The van der Waals surface area contributed by atoms with Crippen molar-refractivity contribution < 1.29 is 32.3 Å². The first-order chi connectivity index (χ1) is 20.1. The monoisotopic (exact) mass is 666 g/mol. The van der Waals surface area contributed by atoms with Gasteiger partial charge in [0.15, 0.2) is 30.7 Å². The van der Waals surface area contributed by atoms with Gasteiger partial charge in [0.1, 0.15) is 11.6 Å². The molecular weight excluding hydrogens is 609 g/mol. The van der Waals surface area contributed by atoms with Crippen LogP contribution in [0.4, 0.5) is 5.82 Å². The van der Waals surface area contributed by atoms with E-state index >= 15 is 0 Å². The Kier molecular flexibility index (Phi) is 12.4. The van der Waals surface area contributed by atoms with Crippen molar-refractivity contribution in [3.8, 4) is 0 Å². The van der Waals surface area contributed by atoms with Crippen molar-refractivity contribution >= 4 is 42.3 Å². The van der Waals surface area contributed by atoms with Crippen molar-refractivity contribution in [2.24, 2.45) is 11.8 Å². The molecule has 250 valence electrons. The van der Waals surface area contributed by atoms with E-state index in [1.165, 1.54) is 0 Å². The average Bonchev–Trinajstić information content (AvgIpc) is 3.63. The predicted octanol–water partition coefficient (Wildman–Crippen LogP) is 6.17. The molecule has 1 aromatic rings. The Morgan fingerprint density at radius 3 is 2.07 bits per heavy atom. The number of rotatable bonds is 16. The molecule has 2 aliphatic heterocycles. The van der Waals surface area contributed by atoms with E-state index in [2.05, 4.69) is 77.8 Å². The van der Waals surface area contributed by atoms with Crippen molar-refractivity contribution in [2.45, 2.75) is 129 Å². The number of pyridine rings is 1. The number of nitrogens with zero attached hydrogens (tertiary/aromatic N) is 2. The van der Waals surface area contributed by atoms with Gasteiger partial charge in [0, 0.05) is 56.6 Å². The van der Waals surface area contributed by atoms with Crippen LogP contribution in [-0.2, 0) is 27.5 Å². The molecule has 2 aliphatic rings. The van der Waals surface area contributed by atoms with E-state index < -0.39 is 25.0 Å². The molecule has 0 bridgehead atoms. The number of carbonyl (C=O) groups excluding carboxylic acids is 2. The van der Waals surface area contributed by atoms with E-state index in [1.54, 1.807) is 18.3 Å². The smallest absolute Gasteiger partial charge is 0.184 e. The number of ketones is 2. The molecule has 0 radical (unpaired) electrons. The van der Waals surface area contributed by atoms with Crippen molar-refractivity contribution in [2.75, 3.05) is 25.6 Å². The topological polar surface area (TPSA) is 99.7 Å². The Labute approximate surface area is 269 Å². The molecule has 0 spiro atoms. The molecule has 44 heavy (non-hydrogen) atoms. The summed E-state index contributed by atoms with van der Waals surface area (Å²) in [7, 11) is -1.92. The molecule has 3 heterocycles. The molecule has 1 aromatic heterocycles. The minimum atomic E-state index is -2.03. The highest BCUT2D eigenvalue weighted by molar-refractivity contribution is 6.70. The van der Waals surface area contributed by atoms with Crippen LogP contribution in [-0.4, -0.2) is 98.8 Å². The zero-order valence-corrected chi connectivity index (χ0v) is 32.4. The molecule has 9 nitrogen and oxygen atoms in total. The first-order valence-electron chi connectivity index (χ1n) is 16.1. The lowest BCUT2D eigenvalue weighted by molar-refractivity contribution is -0.158. The summed E-state index contributed by atoms with van der Waals surface area (Å²) in [6.45, 7) is 24.4. The van der Waals surface area contributed by atoms with Gasteiger partial charge in [0.05, 0.1) is 43.5 Å². The summed E-state index contributed by atoms with van der Waals surface area (Å²) in [6.07, 6.45) is 1.80. The zero-order chi connectivity index (χ0) is 33.2. The predicted molar refractivity (Wildman–Crippen MR) is 183 cm³/mol. The van der Waals surface area contributed by atoms with Crippen LogP contribution in [0.1, 0.15) is 43.5 Å². The number of Topliss-reactive ketones (excluding diaryl/α,β-unsaturated/α-hetero) is 2. The second-order valence-corrected chi connectivity index (χ2v) is 29.2. The van der Waals surface area contributed by atoms with E-state index in [1.807, 2.05) is 19.0 Å². The van der Waals surface area contributed by atoms with E-state index in [9.17, 15) is 9.59 Å². The van der Waals surface area contributed by atoms with Crippen LogP contribution in [0.2, 0.25) is 58.9 Å². The maximum absolute atomic E-state index is 13.3. The van der Waals surface area contributed by atoms with Crippen molar-refractivity contribution in [3.05, 3.63) is 23.9 Å². The Hall–Kier alpha value is -1.26. The normalized spacial score (nSPS) is 27.5. The minimum absolute atomic E-state index is 0.0752. The SMILES string of the molecule is C[C@@H]([C@@H]1O[C@H]1C[C@@H]1OC[C@H](CC(=O)CC(=O)c2ccc(N(C)C)nc2)[C@@H](O[Si](C)(C)C)[C@@H]1O[Si](C)(C)C)[C@H](C)O[Si](C)(C)C. The van der Waals surface area contributed by atoms with Crippen LogP contribution < -0.4 is 4.90 Å². The molecule has 0 N–H and O–H groups in total. The maximum atomic E-state index is 13.3. The van der Waals surface area contributed by atoms with E-state index in [4.69, 9.17) is 22.8 Å². The summed E-state index contributed by atoms with van der Waals surface area (Å²) in [6, 6.07) is 3.52. The number of aromatic nitrogens is 1. The molecule has 2 fully saturated rings. The average molecular weight is 667 g/mol. The van der Waals surface area contributed by atoms with Crippen LogP contribution in [0.5, 0.6) is 0 Å². The number of epoxide rings is 1. The van der Waals surface area contributed by atoms with Gasteiger partial charge in [0.25, 0.3) is 0 Å². The summed E-state index contributed by atoms with van der Waals surface area (Å²) in [5, 5.41) is 0. The molecule has 0 unspecified atom stereocenters. The lowest BCUT2D eigenvalue weighted by Gasteiger charge is -2.47. The van der Waals surface area contributed by atoms with Gasteiger partial charge in [-0.25, -0.2) is 4.98 Å². The van der Waals surface area contributed by atoms with Crippen LogP contribution in [0, 0.1) is 11.8 Å². The third kappa shape index (κ3) is 11.5. The second kappa shape index (κ2) is 14.7. The van der Waals surface area contributed by atoms with Crippen LogP contribution >= 0.6 is 0 Å². The fourth-order valence-corrected chi connectivity index (χ4v) is 9.42. The van der Waals surface area contributed by atoms with Crippen LogP contribution in [0.25, 0.3) is 0 Å². The Bertz CT molecular complexity index is 1110. The number of hydrogen-bond donors (Lipinski definition) is 0. The lowest BCUT2D eigenvalue weighted by Crippen LogP contribution is -2.58. The Balaban J connectivity index is 1.73. The van der Waals surface area contributed by atoms with Gasteiger partial charge in [-0.15, -0.1) is 0 Å². The van der Waals surface area contributed by atoms with Crippen molar-refractivity contribution in [3.63, 3.8) is 0 Å². The number of ether oxygens (including phenoxy) is 2. The summed E-state index contributed by atoms with van der Waals surface area (Å²) < 4.78 is 32.7. The highest BCUT2D eigenvalue weighted by atomic mass is 28.4. The molecule has 12 heteroatoms. The van der Waals surface area contributed by atoms with Crippen LogP contribution in [0.3, 0.4) is 0 Å². The quantitative estimate of drug-likeness (QED) is 0.0888. The Morgan fingerprint density at radius 2 is 1.55 bits per heavy atom. The van der Waals surface area contributed by atoms with Crippen LogP contribution in [0.15, 0.2) is 18.3 Å².